The summed E-state index contributed by atoms with van der Waals surface area (Å²) in [6.07, 6.45) is -15.1. The average molecular weight is 380 g/mol. The molecule has 1 saturated heterocycles. The Morgan fingerprint density at radius 2 is 1.32 bits per heavy atom. The molecule has 1 fully saturated rings. The molecule has 1 heterocycles. The molecule has 0 aromatic carbocycles. The molecule has 1 rings (SSSR count). The minimum absolute atomic E-state index is 0. The predicted octanol–water partition coefficient (Wildman–Crippen LogP) is -7.41. The van der Waals surface area contributed by atoms with E-state index in [4.69, 9.17) is 24.8 Å². The second kappa shape index (κ2) is 12.0. The Labute approximate surface area is 142 Å². The first kappa shape index (κ1) is 26.7. The average Bonchev–Trinajstić information content (AvgIpc) is 2.57. The molecule has 0 aromatic rings. The molecule has 9 atom stereocenters. The summed E-state index contributed by atoms with van der Waals surface area (Å²) in [7, 11) is 0. The molecule has 13 nitrogen and oxygen atoms in total. The molecule has 1 aliphatic rings. The molecule has 13 heteroatoms. The summed E-state index contributed by atoms with van der Waals surface area (Å²) in [4.78, 5) is 0. The topological polar surface area (TPSA) is 264 Å². The van der Waals surface area contributed by atoms with Gasteiger partial charge in [0.05, 0.1) is 19.8 Å². The van der Waals surface area contributed by atoms with Crippen molar-refractivity contribution in [1.29, 1.82) is 0 Å². The number of aliphatic hydroxyl groups excluding tert-OH is 9. The van der Waals surface area contributed by atoms with Crippen LogP contribution in [0.3, 0.4) is 0 Å². The van der Waals surface area contributed by atoms with Crippen molar-refractivity contribution in [2.75, 3.05) is 19.8 Å². The van der Waals surface area contributed by atoms with Crippen molar-refractivity contribution in [3.05, 3.63) is 0 Å². The maximum Gasteiger partial charge on any atom is 0.187 e. The summed E-state index contributed by atoms with van der Waals surface area (Å²) < 4.78 is 10.1. The lowest BCUT2D eigenvalue weighted by atomic mass is 9.98. The molecule has 9 unspecified atom stereocenters. The number of hydrogen-bond acceptors (Lipinski definition) is 11. The van der Waals surface area contributed by atoms with Crippen LogP contribution in [0, 0.1) is 0 Å². The number of hydrogen-bond donors (Lipinski definition) is 9. The summed E-state index contributed by atoms with van der Waals surface area (Å²) in [6, 6.07) is 0. The van der Waals surface area contributed by atoms with Gasteiger partial charge in [-0.1, -0.05) is 0 Å². The van der Waals surface area contributed by atoms with Gasteiger partial charge in [0.15, 0.2) is 6.29 Å². The van der Waals surface area contributed by atoms with Crippen LogP contribution in [-0.4, -0.2) is 132 Å². The number of rotatable bonds is 8. The van der Waals surface area contributed by atoms with Crippen molar-refractivity contribution in [1.82, 2.24) is 0 Å². The molecule has 0 bridgehead atoms. The largest absolute Gasteiger partial charge is 0.412 e. The van der Waals surface area contributed by atoms with Gasteiger partial charge in [-0.05, 0) is 0 Å². The fourth-order valence-electron chi connectivity index (χ4n) is 2.16. The Bertz CT molecular complexity index is 343. The van der Waals surface area contributed by atoms with Crippen LogP contribution in [0.4, 0.5) is 0 Å². The number of ether oxygens (including phenoxy) is 2. The Kier molecular flexibility index (Phi) is 12.8. The van der Waals surface area contributed by atoms with E-state index < -0.39 is 74.9 Å². The zero-order valence-electron chi connectivity index (χ0n) is 13.2. The van der Waals surface area contributed by atoms with Crippen LogP contribution in [0.2, 0.25) is 0 Å². The van der Waals surface area contributed by atoms with Crippen molar-refractivity contribution in [2.24, 2.45) is 0 Å². The normalized spacial score (nSPS) is 34.2. The van der Waals surface area contributed by atoms with Crippen LogP contribution in [-0.2, 0) is 9.47 Å². The molecule has 0 spiro atoms. The lowest BCUT2D eigenvalue weighted by Crippen LogP contribution is -2.61. The van der Waals surface area contributed by atoms with Crippen LogP contribution in [0.25, 0.3) is 0 Å². The van der Waals surface area contributed by atoms with E-state index in [2.05, 4.69) is 0 Å². The highest BCUT2D eigenvalue weighted by atomic mass is 16.7. The Hall–Kier alpha value is -0.520. The predicted molar refractivity (Wildman–Crippen MR) is 78.1 cm³/mol. The summed E-state index contributed by atoms with van der Waals surface area (Å²) in [5, 5.41) is 84.9. The highest BCUT2D eigenvalue weighted by molar-refractivity contribution is 4.91. The minimum atomic E-state index is -1.85. The molecular formula is C12H28O13. The monoisotopic (exact) mass is 380 g/mol. The van der Waals surface area contributed by atoms with Gasteiger partial charge in [0.25, 0.3) is 0 Å². The molecule has 1 aliphatic heterocycles. The van der Waals surface area contributed by atoms with E-state index in [0.717, 1.165) is 0 Å². The summed E-state index contributed by atoms with van der Waals surface area (Å²) in [5.41, 5.74) is 0. The maximum atomic E-state index is 9.83. The van der Waals surface area contributed by atoms with Gasteiger partial charge in [0, 0.05) is 0 Å². The standard InChI is InChI=1S/C12H24O11.2H2O/c13-1-4(16)7(18)11(5(17)2-14)23-12-10(21)9(20)8(19)6(3-15)22-12;;/h4-21H,1-3H2;2*1H2. The third-order valence-electron chi connectivity index (χ3n) is 3.62. The molecule has 0 saturated carbocycles. The first-order valence-corrected chi connectivity index (χ1v) is 7.00. The lowest BCUT2D eigenvalue weighted by Gasteiger charge is -2.42. The fraction of sp³-hybridized carbons (Fsp3) is 1.00. The highest BCUT2D eigenvalue weighted by Gasteiger charge is 2.46. The van der Waals surface area contributed by atoms with E-state index in [1.165, 1.54) is 0 Å². The third kappa shape index (κ3) is 6.30. The van der Waals surface area contributed by atoms with Gasteiger partial charge in [-0.2, -0.15) is 0 Å². The van der Waals surface area contributed by atoms with Crippen LogP contribution >= 0.6 is 0 Å². The molecule has 0 aromatic heterocycles. The Morgan fingerprint density at radius 3 is 1.76 bits per heavy atom. The highest BCUT2D eigenvalue weighted by Crippen LogP contribution is 2.24. The van der Waals surface area contributed by atoms with Crippen LogP contribution < -0.4 is 0 Å². The molecule has 0 amide bonds. The number of aliphatic hydroxyl groups is 9. The van der Waals surface area contributed by atoms with E-state index >= 15 is 0 Å². The SMILES string of the molecule is O.O.OCC(O)C(O)C(OC1OC(CO)C(O)C(O)C1O)C(O)CO. The molecule has 154 valence electrons. The summed E-state index contributed by atoms with van der Waals surface area (Å²) in [6.45, 7) is -2.45. The summed E-state index contributed by atoms with van der Waals surface area (Å²) >= 11 is 0. The Balaban J connectivity index is 0. The molecule has 0 radical (unpaired) electrons. The van der Waals surface area contributed by atoms with Gasteiger partial charge in [-0.25, -0.2) is 0 Å². The first-order chi connectivity index (χ1) is 10.8. The smallest absolute Gasteiger partial charge is 0.187 e. The lowest BCUT2D eigenvalue weighted by molar-refractivity contribution is -0.327. The van der Waals surface area contributed by atoms with Crippen molar-refractivity contribution < 1.29 is 66.4 Å². The van der Waals surface area contributed by atoms with Gasteiger partial charge in [0.1, 0.15) is 48.8 Å². The van der Waals surface area contributed by atoms with E-state index in [1.54, 1.807) is 0 Å². The molecular weight excluding hydrogens is 352 g/mol. The summed E-state index contributed by atoms with van der Waals surface area (Å²) in [5.74, 6) is 0. The van der Waals surface area contributed by atoms with Crippen molar-refractivity contribution in [3.8, 4) is 0 Å². The zero-order valence-corrected chi connectivity index (χ0v) is 13.2. The van der Waals surface area contributed by atoms with Crippen molar-refractivity contribution in [2.45, 2.75) is 55.1 Å². The Morgan fingerprint density at radius 1 is 0.800 bits per heavy atom. The quantitative estimate of drug-likeness (QED) is 0.191. The van der Waals surface area contributed by atoms with E-state index in [-0.39, 0.29) is 11.0 Å². The van der Waals surface area contributed by atoms with Crippen LogP contribution in [0.5, 0.6) is 0 Å². The van der Waals surface area contributed by atoms with Crippen molar-refractivity contribution in [3.63, 3.8) is 0 Å². The third-order valence-corrected chi connectivity index (χ3v) is 3.62. The zero-order chi connectivity index (χ0) is 17.7. The molecule has 13 N–H and O–H groups in total. The van der Waals surface area contributed by atoms with Gasteiger partial charge in [-0.15, -0.1) is 0 Å². The minimum Gasteiger partial charge on any atom is -0.412 e. The van der Waals surface area contributed by atoms with Crippen molar-refractivity contribution >= 4 is 0 Å². The van der Waals surface area contributed by atoms with E-state index in [0.29, 0.717) is 0 Å². The van der Waals surface area contributed by atoms with E-state index in [1.807, 2.05) is 0 Å². The first-order valence-electron chi connectivity index (χ1n) is 7.00. The molecule has 25 heavy (non-hydrogen) atoms. The second-order valence-corrected chi connectivity index (χ2v) is 5.29. The van der Waals surface area contributed by atoms with Gasteiger partial charge < -0.3 is 66.4 Å². The van der Waals surface area contributed by atoms with Gasteiger partial charge in [-0.3, -0.25) is 0 Å². The fourth-order valence-corrected chi connectivity index (χ4v) is 2.16. The van der Waals surface area contributed by atoms with Crippen LogP contribution in [0.15, 0.2) is 0 Å². The van der Waals surface area contributed by atoms with E-state index in [9.17, 15) is 30.6 Å². The van der Waals surface area contributed by atoms with Gasteiger partial charge in [0.2, 0.25) is 0 Å². The maximum absolute atomic E-state index is 9.83. The van der Waals surface area contributed by atoms with Crippen LogP contribution in [0.1, 0.15) is 0 Å². The second-order valence-electron chi connectivity index (χ2n) is 5.29. The van der Waals surface area contributed by atoms with Gasteiger partial charge >= 0.3 is 0 Å². The molecule has 0 aliphatic carbocycles.